The molecule has 1 aromatic rings. The summed E-state index contributed by atoms with van der Waals surface area (Å²) < 4.78 is 27.4. The lowest BCUT2D eigenvalue weighted by molar-refractivity contribution is 0.521. The standard InChI is InChI=1S/C13H17BrClNO2S/c14-12-7-2-1-3-8-13(12)16-19(17,18)11-6-4-5-10(15)9-11/h4-6,9,12-13,16H,1-3,7-8H2. The van der Waals surface area contributed by atoms with Gasteiger partial charge in [0.2, 0.25) is 10.0 Å². The highest BCUT2D eigenvalue weighted by molar-refractivity contribution is 9.09. The highest BCUT2D eigenvalue weighted by Crippen LogP contribution is 2.25. The lowest BCUT2D eigenvalue weighted by Crippen LogP contribution is -2.40. The van der Waals surface area contributed by atoms with Crippen LogP contribution in [0.15, 0.2) is 29.2 Å². The Morgan fingerprint density at radius 3 is 2.68 bits per heavy atom. The second-order valence-corrected chi connectivity index (χ2v) is 8.17. The molecule has 1 N–H and O–H groups in total. The molecule has 1 aliphatic rings. The fraction of sp³-hybridized carbons (Fsp3) is 0.538. The Balaban J connectivity index is 2.16. The van der Waals surface area contributed by atoms with Gasteiger partial charge in [0.1, 0.15) is 0 Å². The van der Waals surface area contributed by atoms with Crippen LogP contribution in [0.2, 0.25) is 5.02 Å². The number of sulfonamides is 1. The van der Waals surface area contributed by atoms with Crippen molar-refractivity contribution in [3.63, 3.8) is 0 Å². The predicted molar refractivity (Wildman–Crippen MR) is 81.4 cm³/mol. The highest BCUT2D eigenvalue weighted by Gasteiger charge is 2.26. The van der Waals surface area contributed by atoms with E-state index in [2.05, 4.69) is 20.7 Å². The number of halogens is 2. The monoisotopic (exact) mass is 365 g/mol. The molecule has 19 heavy (non-hydrogen) atoms. The molecule has 0 saturated heterocycles. The van der Waals surface area contributed by atoms with Crippen molar-refractivity contribution < 1.29 is 8.42 Å². The Morgan fingerprint density at radius 2 is 1.95 bits per heavy atom. The molecule has 106 valence electrons. The third-order valence-corrected chi connectivity index (χ3v) is 6.16. The summed E-state index contributed by atoms with van der Waals surface area (Å²) in [6, 6.07) is 6.30. The van der Waals surface area contributed by atoms with Crippen LogP contribution in [0.5, 0.6) is 0 Å². The first-order chi connectivity index (χ1) is 8.99. The molecule has 1 fully saturated rings. The van der Waals surface area contributed by atoms with E-state index < -0.39 is 10.0 Å². The molecule has 0 aromatic heterocycles. The molecule has 2 rings (SSSR count). The first kappa shape index (κ1) is 15.3. The minimum absolute atomic E-state index is 0.0496. The van der Waals surface area contributed by atoms with Crippen LogP contribution in [0.25, 0.3) is 0 Å². The molecule has 0 bridgehead atoms. The van der Waals surface area contributed by atoms with Gasteiger partial charge in [0.25, 0.3) is 0 Å². The van der Waals surface area contributed by atoms with Crippen LogP contribution in [0.3, 0.4) is 0 Å². The van der Waals surface area contributed by atoms with Gasteiger partial charge in [0, 0.05) is 15.9 Å². The van der Waals surface area contributed by atoms with Crippen molar-refractivity contribution in [3.05, 3.63) is 29.3 Å². The van der Waals surface area contributed by atoms with Crippen molar-refractivity contribution in [3.8, 4) is 0 Å². The van der Waals surface area contributed by atoms with E-state index >= 15 is 0 Å². The van der Waals surface area contributed by atoms with Crippen molar-refractivity contribution in [2.24, 2.45) is 0 Å². The van der Waals surface area contributed by atoms with Gasteiger partial charge < -0.3 is 0 Å². The van der Waals surface area contributed by atoms with E-state index in [1.54, 1.807) is 18.2 Å². The molecule has 1 aliphatic carbocycles. The van der Waals surface area contributed by atoms with Gasteiger partial charge in [0.05, 0.1) is 4.90 Å². The van der Waals surface area contributed by atoms with E-state index in [4.69, 9.17) is 11.6 Å². The summed E-state index contributed by atoms with van der Waals surface area (Å²) in [4.78, 5) is 0.424. The summed E-state index contributed by atoms with van der Waals surface area (Å²) in [5, 5.41) is 0.430. The van der Waals surface area contributed by atoms with E-state index in [1.807, 2.05) is 0 Å². The third kappa shape index (κ3) is 4.18. The zero-order valence-electron chi connectivity index (χ0n) is 10.5. The van der Waals surface area contributed by atoms with Gasteiger partial charge in [-0.15, -0.1) is 0 Å². The number of hydrogen-bond acceptors (Lipinski definition) is 2. The molecule has 3 nitrogen and oxygen atoms in total. The smallest absolute Gasteiger partial charge is 0.207 e. The van der Waals surface area contributed by atoms with Crippen LogP contribution in [-0.4, -0.2) is 19.3 Å². The minimum atomic E-state index is -3.50. The molecule has 2 unspecified atom stereocenters. The maximum atomic E-state index is 12.3. The molecule has 2 atom stereocenters. The Hall–Kier alpha value is -0.100. The van der Waals surface area contributed by atoms with Crippen molar-refractivity contribution in [1.82, 2.24) is 4.72 Å². The lowest BCUT2D eigenvalue weighted by atomic mass is 10.1. The van der Waals surface area contributed by atoms with Gasteiger partial charge in [0.15, 0.2) is 0 Å². The summed E-state index contributed by atoms with van der Waals surface area (Å²) in [5.41, 5.74) is 0. The molecule has 1 aromatic carbocycles. The molecule has 0 aliphatic heterocycles. The van der Waals surface area contributed by atoms with E-state index in [-0.39, 0.29) is 15.8 Å². The van der Waals surface area contributed by atoms with Crippen LogP contribution < -0.4 is 4.72 Å². The molecule has 0 amide bonds. The van der Waals surface area contributed by atoms with Crippen molar-refractivity contribution >= 4 is 37.6 Å². The maximum absolute atomic E-state index is 12.3. The summed E-state index contributed by atoms with van der Waals surface area (Å²) in [6.07, 6.45) is 5.24. The predicted octanol–water partition coefficient (Wildman–Crippen LogP) is 3.71. The summed E-state index contributed by atoms with van der Waals surface area (Å²) in [6.45, 7) is 0. The average molecular weight is 367 g/mol. The minimum Gasteiger partial charge on any atom is -0.207 e. The van der Waals surface area contributed by atoms with E-state index in [9.17, 15) is 8.42 Å². The second-order valence-electron chi connectivity index (χ2n) is 4.84. The maximum Gasteiger partial charge on any atom is 0.240 e. The van der Waals surface area contributed by atoms with E-state index in [0.29, 0.717) is 5.02 Å². The van der Waals surface area contributed by atoms with Crippen LogP contribution in [0.4, 0.5) is 0 Å². The number of rotatable bonds is 3. The van der Waals surface area contributed by atoms with Gasteiger partial charge in [-0.25, -0.2) is 13.1 Å². The first-order valence-corrected chi connectivity index (χ1v) is 9.19. The quantitative estimate of drug-likeness (QED) is 0.654. The van der Waals surface area contributed by atoms with Gasteiger partial charge >= 0.3 is 0 Å². The fourth-order valence-corrected chi connectivity index (χ4v) is 4.80. The second kappa shape index (κ2) is 6.57. The van der Waals surface area contributed by atoms with Crippen LogP contribution in [0, 0.1) is 0 Å². The van der Waals surface area contributed by atoms with Gasteiger partial charge in [-0.05, 0) is 31.0 Å². The van der Waals surface area contributed by atoms with E-state index in [1.165, 1.54) is 6.07 Å². The number of benzene rings is 1. The van der Waals surface area contributed by atoms with Gasteiger partial charge in [-0.2, -0.15) is 0 Å². The van der Waals surface area contributed by atoms with Crippen molar-refractivity contribution in [2.45, 2.75) is 47.9 Å². The molecule has 6 heteroatoms. The molecule has 0 spiro atoms. The number of nitrogens with one attached hydrogen (secondary N) is 1. The zero-order valence-corrected chi connectivity index (χ0v) is 13.6. The zero-order chi connectivity index (χ0) is 13.9. The molecule has 1 saturated carbocycles. The molecule has 0 radical (unpaired) electrons. The van der Waals surface area contributed by atoms with E-state index in [0.717, 1.165) is 32.1 Å². The van der Waals surface area contributed by atoms with Gasteiger partial charge in [-0.3, -0.25) is 0 Å². The Kier molecular flexibility index (Phi) is 5.29. The third-order valence-electron chi connectivity index (χ3n) is 3.34. The largest absolute Gasteiger partial charge is 0.240 e. The van der Waals surface area contributed by atoms with Crippen LogP contribution in [0.1, 0.15) is 32.1 Å². The fourth-order valence-electron chi connectivity index (χ4n) is 2.30. The average Bonchev–Trinajstić information content (AvgIpc) is 2.55. The van der Waals surface area contributed by atoms with Crippen molar-refractivity contribution in [1.29, 1.82) is 0 Å². The summed E-state index contributed by atoms with van der Waals surface area (Å²) in [5.74, 6) is 0. The lowest BCUT2D eigenvalue weighted by Gasteiger charge is -2.21. The Labute approximate surface area is 127 Å². The first-order valence-electron chi connectivity index (χ1n) is 6.41. The normalized spacial score (nSPS) is 24.9. The summed E-state index contributed by atoms with van der Waals surface area (Å²) in [7, 11) is -3.50. The highest BCUT2D eigenvalue weighted by atomic mass is 79.9. The SMILES string of the molecule is O=S(=O)(NC1CCCCCC1Br)c1cccc(Cl)c1. The molecule has 0 heterocycles. The van der Waals surface area contributed by atoms with Crippen LogP contribution >= 0.6 is 27.5 Å². The summed E-state index contributed by atoms with van der Waals surface area (Å²) >= 11 is 9.44. The molecular weight excluding hydrogens is 350 g/mol. The van der Waals surface area contributed by atoms with Gasteiger partial charge in [-0.1, -0.05) is 52.9 Å². The van der Waals surface area contributed by atoms with Crippen molar-refractivity contribution in [2.75, 3.05) is 0 Å². The number of hydrogen-bond donors (Lipinski definition) is 1. The molecular formula is C13H17BrClNO2S. The Bertz CT molecular complexity index is 535. The topological polar surface area (TPSA) is 46.2 Å². The number of alkyl halides is 1. The van der Waals surface area contributed by atoms with Crippen LogP contribution in [-0.2, 0) is 10.0 Å². The Morgan fingerprint density at radius 1 is 1.21 bits per heavy atom.